The highest BCUT2D eigenvalue weighted by Gasteiger charge is 2.11. The van der Waals surface area contributed by atoms with E-state index < -0.39 is 0 Å². The molecule has 0 amide bonds. The molecule has 0 bridgehead atoms. The first-order chi connectivity index (χ1) is 11.4. The lowest BCUT2D eigenvalue weighted by Gasteiger charge is -2.29. The number of nitrogens with zero attached hydrogens (tertiary/aromatic N) is 1. The number of benzene rings is 1. The van der Waals surface area contributed by atoms with E-state index in [2.05, 4.69) is 41.4 Å². The van der Waals surface area contributed by atoms with Crippen molar-refractivity contribution in [2.24, 2.45) is 0 Å². The molecule has 0 aliphatic carbocycles. The first-order valence-corrected chi connectivity index (χ1v) is 9.57. The van der Waals surface area contributed by atoms with Crippen LogP contribution in [0.1, 0.15) is 58.3 Å². The van der Waals surface area contributed by atoms with E-state index in [1.165, 1.54) is 62.7 Å². The lowest BCUT2D eigenvalue weighted by Crippen LogP contribution is -2.36. The zero-order valence-corrected chi connectivity index (χ0v) is 14.9. The number of anilines is 2. The van der Waals surface area contributed by atoms with Crippen LogP contribution >= 0.6 is 0 Å². The van der Waals surface area contributed by atoms with Gasteiger partial charge < -0.3 is 15.0 Å². The van der Waals surface area contributed by atoms with Crippen LogP contribution in [0.5, 0.6) is 0 Å². The normalized spacial score (nSPS) is 14.9. The minimum atomic E-state index is 0.843. The summed E-state index contributed by atoms with van der Waals surface area (Å²) < 4.78 is 5.43. The first-order valence-electron chi connectivity index (χ1n) is 9.57. The van der Waals surface area contributed by atoms with Crippen LogP contribution < -0.4 is 10.2 Å². The van der Waals surface area contributed by atoms with Crippen molar-refractivity contribution < 1.29 is 4.74 Å². The third kappa shape index (κ3) is 7.26. The van der Waals surface area contributed by atoms with Gasteiger partial charge in [-0.3, -0.25) is 0 Å². The van der Waals surface area contributed by atoms with E-state index in [-0.39, 0.29) is 0 Å². The largest absolute Gasteiger partial charge is 0.385 e. The van der Waals surface area contributed by atoms with Gasteiger partial charge in [-0.15, -0.1) is 0 Å². The van der Waals surface area contributed by atoms with Gasteiger partial charge in [-0.2, -0.15) is 0 Å². The molecule has 23 heavy (non-hydrogen) atoms. The van der Waals surface area contributed by atoms with Gasteiger partial charge in [-0.05, 0) is 24.6 Å². The molecule has 0 aromatic heterocycles. The van der Waals surface area contributed by atoms with E-state index in [9.17, 15) is 0 Å². The molecule has 2 rings (SSSR count). The van der Waals surface area contributed by atoms with Gasteiger partial charge in [0, 0.05) is 31.0 Å². The monoisotopic (exact) mass is 318 g/mol. The molecule has 1 aliphatic heterocycles. The van der Waals surface area contributed by atoms with Crippen LogP contribution in [0.3, 0.4) is 0 Å². The molecule has 1 fully saturated rings. The SMILES string of the molecule is CCCCCCCCCCNc1cccc(N2CCOCC2)c1. The van der Waals surface area contributed by atoms with E-state index >= 15 is 0 Å². The molecular formula is C20H34N2O. The Kier molecular flexibility index (Phi) is 8.93. The predicted molar refractivity (Wildman–Crippen MR) is 101 cm³/mol. The number of ether oxygens (including phenoxy) is 1. The highest BCUT2D eigenvalue weighted by molar-refractivity contribution is 5.58. The molecule has 3 heteroatoms. The second-order valence-corrected chi connectivity index (χ2v) is 6.55. The summed E-state index contributed by atoms with van der Waals surface area (Å²) in [7, 11) is 0. The number of morpholine rings is 1. The fraction of sp³-hybridized carbons (Fsp3) is 0.700. The van der Waals surface area contributed by atoms with Crippen molar-refractivity contribution in [1.29, 1.82) is 0 Å². The fourth-order valence-corrected chi connectivity index (χ4v) is 3.13. The van der Waals surface area contributed by atoms with Crippen LogP contribution in [-0.2, 0) is 4.74 Å². The van der Waals surface area contributed by atoms with Gasteiger partial charge in [0.2, 0.25) is 0 Å². The van der Waals surface area contributed by atoms with E-state index in [0.29, 0.717) is 0 Å². The summed E-state index contributed by atoms with van der Waals surface area (Å²) in [5.74, 6) is 0. The van der Waals surface area contributed by atoms with E-state index in [1.807, 2.05) is 0 Å². The quantitative estimate of drug-likeness (QED) is 0.576. The first kappa shape index (κ1) is 18.1. The smallest absolute Gasteiger partial charge is 0.0642 e. The number of unbranched alkanes of at least 4 members (excludes halogenated alkanes) is 7. The van der Waals surface area contributed by atoms with E-state index in [0.717, 1.165) is 32.8 Å². The molecule has 0 unspecified atom stereocenters. The van der Waals surface area contributed by atoms with Gasteiger partial charge in [0.1, 0.15) is 0 Å². The summed E-state index contributed by atoms with van der Waals surface area (Å²) in [6.07, 6.45) is 11.0. The van der Waals surface area contributed by atoms with Crippen molar-refractivity contribution in [3.05, 3.63) is 24.3 Å². The molecule has 1 aromatic carbocycles. The maximum atomic E-state index is 5.43. The number of hydrogen-bond acceptors (Lipinski definition) is 3. The van der Waals surface area contributed by atoms with Crippen LogP contribution in [0.4, 0.5) is 11.4 Å². The maximum Gasteiger partial charge on any atom is 0.0642 e. The molecule has 1 N–H and O–H groups in total. The van der Waals surface area contributed by atoms with Gasteiger partial charge in [-0.25, -0.2) is 0 Å². The Labute approximate surface area is 142 Å². The summed E-state index contributed by atoms with van der Waals surface area (Å²) in [5, 5.41) is 3.58. The van der Waals surface area contributed by atoms with Crippen molar-refractivity contribution in [2.45, 2.75) is 58.3 Å². The van der Waals surface area contributed by atoms with Crippen LogP contribution in [0.2, 0.25) is 0 Å². The van der Waals surface area contributed by atoms with Crippen LogP contribution in [-0.4, -0.2) is 32.8 Å². The van der Waals surface area contributed by atoms with Crippen molar-refractivity contribution in [1.82, 2.24) is 0 Å². The maximum absolute atomic E-state index is 5.43. The standard InChI is InChI=1S/C20H34N2O/c1-2-3-4-5-6-7-8-9-13-21-19-11-10-12-20(18-19)22-14-16-23-17-15-22/h10-12,18,21H,2-9,13-17H2,1H3. The lowest BCUT2D eigenvalue weighted by molar-refractivity contribution is 0.122. The van der Waals surface area contributed by atoms with E-state index in [4.69, 9.17) is 4.74 Å². The lowest BCUT2D eigenvalue weighted by atomic mass is 10.1. The second kappa shape index (κ2) is 11.3. The molecule has 1 saturated heterocycles. The molecular weight excluding hydrogens is 284 g/mol. The molecule has 0 saturated carbocycles. The number of nitrogens with one attached hydrogen (secondary N) is 1. The zero-order chi connectivity index (χ0) is 16.2. The summed E-state index contributed by atoms with van der Waals surface area (Å²) in [5.41, 5.74) is 2.56. The Morgan fingerprint density at radius 1 is 0.957 bits per heavy atom. The molecule has 0 spiro atoms. The molecule has 1 aliphatic rings. The second-order valence-electron chi connectivity index (χ2n) is 6.55. The van der Waals surface area contributed by atoms with Crippen molar-refractivity contribution in [3.8, 4) is 0 Å². The highest BCUT2D eigenvalue weighted by atomic mass is 16.5. The fourth-order valence-electron chi connectivity index (χ4n) is 3.13. The third-order valence-electron chi connectivity index (χ3n) is 4.58. The molecule has 130 valence electrons. The minimum absolute atomic E-state index is 0.843. The Morgan fingerprint density at radius 3 is 2.39 bits per heavy atom. The van der Waals surface area contributed by atoms with Crippen LogP contribution in [0.25, 0.3) is 0 Å². The Bertz CT molecular complexity index is 416. The summed E-state index contributed by atoms with van der Waals surface area (Å²) in [4.78, 5) is 2.41. The molecule has 3 nitrogen and oxygen atoms in total. The van der Waals surface area contributed by atoms with Crippen molar-refractivity contribution in [2.75, 3.05) is 43.1 Å². The number of rotatable bonds is 11. The minimum Gasteiger partial charge on any atom is -0.385 e. The summed E-state index contributed by atoms with van der Waals surface area (Å²) >= 11 is 0. The summed E-state index contributed by atoms with van der Waals surface area (Å²) in [6.45, 7) is 7.05. The highest BCUT2D eigenvalue weighted by Crippen LogP contribution is 2.20. The van der Waals surface area contributed by atoms with Gasteiger partial charge in [0.15, 0.2) is 0 Å². The van der Waals surface area contributed by atoms with E-state index in [1.54, 1.807) is 0 Å². The average molecular weight is 319 g/mol. The van der Waals surface area contributed by atoms with Crippen molar-refractivity contribution >= 4 is 11.4 Å². The zero-order valence-electron chi connectivity index (χ0n) is 14.9. The molecule has 1 heterocycles. The molecule has 1 aromatic rings. The Morgan fingerprint density at radius 2 is 1.65 bits per heavy atom. The van der Waals surface area contributed by atoms with Crippen LogP contribution in [0.15, 0.2) is 24.3 Å². The van der Waals surface area contributed by atoms with Gasteiger partial charge in [0.25, 0.3) is 0 Å². The summed E-state index contributed by atoms with van der Waals surface area (Å²) in [6, 6.07) is 8.80. The van der Waals surface area contributed by atoms with Crippen molar-refractivity contribution in [3.63, 3.8) is 0 Å². The van der Waals surface area contributed by atoms with Gasteiger partial charge >= 0.3 is 0 Å². The Balaban J connectivity index is 1.58. The van der Waals surface area contributed by atoms with Crippen LogP contribution in [0, 0.1) is 0 Å². The van der Waals surface area contributed by atoms with Gasteiger partial charge in [-0.1, -0.05) is 57.9 Å². The number of hydrogen-bond donors (Lipinski definition) is 1. The molecule has 0 radical (unpaired) electrons. The Hall–Kier alpha value is -1.22. The molecule has 0 atom stereocenters. The average Bonchev–Trinajstić information content (AvgIpc) is 2.61. The third-order valence-corrected chi connectivity index (χ3v) is 4.58. The predicted octanol–water partition coefficient (Wildman–Crippen LogP) is 5.08. The topological polar surface area (TPSA) is 24.5 Å². The van der Waals surface area contributed by atoms with Gasteiger partial charge in [0.05, 0.1) is 13.2 Å².